The summed E-state index contributed by atoms with van der Waals surface area (Å²) in [5.74, 6) is 0.413. The number of carbonyl (C=O) groups is 1. The van der Waals surface area contributed by atoms with Crippen LogP contribution in [0.4, 0.5) is 0 Å². The number of amides is 1. The fourth-order valence-corrected chi connectivity index (χ4v) is 3.52. The monoisotopic (exact) mass is 410 g/mol. The molecular weight excluding hydrogens is 395 g/mol. The first-order chi connectivity index (χ1) is 13.6. The van der Waals surface area contributed by atoms with Crippen LogP contribution in [0.3, 0.4) is 0 Å². The SMILES string of the molecule is O=C(NCCc1ccccn1)c1ccc2[nH]c(-c3c(Cl)cccc3Cl)nc2c1. The number of rotatable bonds is 5. The maximum Gasteiger partial charge on any atom is 0.251 e. The minimum atomic E-state index is -0.154. The highest BCUT2D eigenvalue weighted by atomic mass is 35.5. The Morgan fingerprint density at radius 1 is 1.04 bits per heavy atom. The summed E-state index contributed by atoms with van der Waals surface area (Å²) in [5.41, 5.74) is 3.59. The Kier molecular flexibility index (Phi) is 5.28. The maximum atomic E-state index is 12.5. The second kappa shape index (κ2) is 8.00. The number of benzene rings is 2. The highest BCUT2D eigenvalue weighted by Crippen LogP contribution is 2.33. The summed E-state index contributed by atoms with van der Waals surface area (Å²) in [7, 11) is 0. The molecule has 0 atom stereocenters. The number of imidazole rings is 1. The predicted molar refractivity (Wildman–Crippen MR) is 112 cm³/mol. The maximum absolute atomic E-state index is 12.5. The number of aromatic nitrogens is 3. The van der Waals surface area contributed by atoms with Gasteiger partial charge < -0.3 is 10.3 Å². The first-order valence-electron chi connectivity index (χ1n) is 8.74. The van der Waals surface area contributed by atoms with Crippen LogP contribution in [-0.4, -0.2) is 27.4 Å². The highest BCUT2D eigenvalue weighted by molar-refractivity contribution is 6.39. The van der Waals surface area contributed by atoms with Crippen molar-refractivity contribution in [2.75, 3.05) is 6.54 Å². The first kappa shape index (κ1) is 18.5. The average molecular weight is 411 g/mol. The van der Waals surface area contributed by atoms with Crippen molar-refractivity contribution in [2.24, 2.45) is 0 Å². The van der Waals surface area contributed by atoms with E-state index in [1.54, 1.807) is 36.5 Å². The number of nitrogens with zero attached hydrogens (tertiary/aromatic N) is 2. The minimum Gasteiger partial charge on any atom is -0.352 e. The summed E-state index contributed by atoms with van der Waals surface area (Å²) < 4.78 is 0. The van der Waals surface area contributed by atoms with Gasteiger partial charge in [-0.1, -0.05) is 35.3 Å². The van der Waals surface area contributed by atoms with Gasteiger partial charge in [0.15, 0.2) is 0 Å². The highest BCUT2D eigenvalue weighted by Gasteiger charge is 2.14. The van der Waals surface area contributed by atoms with Gasteiger partial charge in [-0.25, -0.2) is 4.98 Å². The fraction of sp³-hybridized carbons (Fsp3) is 0.0952. The molecule has 140 valence electrons. The van der Waals surface area contributed by atoms with E-state index in [9.17, 15) is 4.79 Å². The van der Waals surface area contributed by atoms with Gasteiger partial charge in [0.05, 0.1) is 26.6 Å². The van der Waals surface area contributed by atoms with Gasteiger partial charge in [0.2, 0.25) is 0 Å². The molecule has 0 saturated carbocycles. The largest absolute Gasteiger partial charge is 0.352 e. The van der Waals surface area contributed by atoms with Crippen molar-refractivity contribution in [1.82, 2.24) is 20.3 Å². The van der Waals surface area contributed by atoms with Gasteiger partial charge in [-0.3, -0.25) is 9.78 Å². The second-order valence-corrected chi connectivity index (χ2v) is 7.06. The molecule has 28 heavy (non-hydrogen) atoms. The molecule has 0 aliphatic carbocycles. The van der Waals surface area contributed by atoms with Crippen molar-refractivity contribution < 1.29 is 4.79 Å². The number of nitrogens with one attached hydrogen (secondary N) is 2. The third kappa shape index (κ3) is 3.86. The normalized spacial score (nSPS) is 10.9. The summed E-state index contributed by atoms with van der Waals surface area (Å²) in [5, 5.41) is 3.94. The Morgan fingerprint density at radius 2 is 1.86 bits per heavy atom. The van der Waals surface area contributed by atoms with Gasteiger partial charge in [-0.05, 0) is 42.5 Å². The van der Waals surface area contributed by atoms with Crippen molar-refractivity contribution in [2.45, 2.75) is 6.42 Å². The van der Waals surface area contributed by atoms with Gasteiger partial charge >= 0.3 is 0 Å². The number of hydrogen-bond donors (Lipinski definition) is 2. The molecule has 0 aliphatic rings. The van der Waals surface area contributed by atoms with Gasteiger partial charge in [-0.2, -0.15) is 0 Å². The van der Waals surface area contributed by atoms with E-state index in [1.807, 2.05) is 24.3 Å². The molecule has 5 nitrogen and oxygen atoms in total. The Hall–Kier alpha value is -2.89. The van der Waals surface area contributed by atoms with Crippen LogP contribution in [0.15, 0.2) is 60.8 Å². The predicted octanol–water partition coefficient (Wildman–Crippen LogP) is 4.90. The van der Waals surface area contributed by atoms with Crippen LogP contribution in [-0.2, 0) is 6.42 Å². The summed E-state index contributed by atoms with van der Waals surface area (Å²) in [6, 6.07) is 16.4. The molecule has 0 radical (unpaired) electrons. The molecule has 7 heteroatoms. The Bertz CT molecular complexity index is 1120. The number of fused-ring (bicyclic) bond motifs is 1. The fourth-order valence-electron chi connectivity index (χ4n) is 2.94. The van der Waals surface area contributed by atoms with E-state index in [4.69, 9.17) is 23.2 Å². The molecule has 4 aromatic rings. The molecule has 2 N–H and O–H groups in total. The van der Waals surface area contributed by atoms with Crippen molar-refractivity contribution in [3.05, 3.63) is 82.1 Å². The van der Waals surface area contributed by atoms with Crippen molar-refractivity contribution in [1.29, 1.82) is 0 Å². The molecule has 2 aromatic carbocycles. The van der Waals surface area contributed by atoms with E-state index in [2.05, 4.69) is 20.3 Å². The second-order valence-electron chi connectivity index (χ2n) is 6.24. The van der Waals surface area contributed by atoms with E-state index in [0.717, 1.165) is 11.2 Å². The zero-order valence-electron chi connectivity index (χ0n) is 14.7. The van der Waals surface area contributed by atoms with Crippen LogP contribution >= 0.6 is 23.2 Å². The lowest BCUT2D eigenvalue weighted by molar-refractivity contribution is 0.0954. The zero-order chi connectivity index (χ0) is 19.5. The number of aromatic amines is 1. The number of pyridine rings is 1. The first-order valence-corrected chi connectivity index (χ1v) is 9.49. The molecule has 0 bridgehead atoms. The van der Waals surface area contributed by atoms with Gasteiger partial charge in [0.25, 0.3) is 5.91 Å². The van der Waals surface area contributed by atoms with Crippen molar-refractivity contribution >= 4 is 40.1 Å². The smallest absolute Gasteiger partial charge is 0.251 e. The lowest BCUT2D eigenvalue weighted by Crippen LogP contribution is -2.25. The Morgan fingerprint density at radius 3 is 2.61 bits per heavy atom. The van der Waals surface area contributed by atoms with Crippen molar-refractivity contribution in [3.63, 3.8) is 0 Å². The number of carbonyl (C=O) groups excluding carboxylic acids is 1. The number of halogens is 2. The van der Waals surface area contributed by atoms with E-state index in [1.165, 1.54) is 0 Å². The van der Waals surface area contributed by atoms with Crippen LogP contribution in [0, 0.1) is 0 Å². The van der Waals surface area contributed by atoms with Crippen LogP contribution in [0.25, 0.3) is 22.4 Å². The van der Waals surface area contributed by atoms with E-state index in [-0.39, 0.29) is 5.91 Å². The van der Waals surface area contributed by atoms with Crippen LogP contribution in [0.2, 0.25) is 10.0 Å². The van der Waals surface area contributed by atoms with Crippen LogP contribution in [0.5, 0.6) is 0 Å². The molecule has 0 aliphatic heterocycles. The molecule has 0 fully saturated rings. The topological polar surface area (TPSA) is 70.7 Å². The molecule has 0 spiro atoms. The zero-order valence-corrected chi connectivity index (χ0v) is 16.3. The summed E-state index contributed by atoms with van der Waals surface area (Å²) in [4.78, 5) is 24.5. The molecule has 0 unspecified atom stereocenters. The Labute approximate surface area is 171 Å². The summed E-state index contributed by atoms with van der Waals surface area (Å²) >= 11 is 12.5. The molecule has 1 amide bonds. The summed E-state index contributed by atoms with van der Waals surface area (Å²) in [6.45, 7) is 0.509. The lowest BCUT2D eigenvalue weighted by atomic mass is 10.2. The lowest BCUT2D eigenvalue weighted by Gasteiger charge is -2.05. The average Bonchev–Trinajstić information content (AvgIpc) is 3.11. The van der Waals surface area contributed by atoms with Crippen LogP contribution < -0.4 is 5.32 Å². The molecule has 0 saturated heterocycles. The minimum absolute atomic E-state index is 0.154. The molecule has 2 heterocycles. The van der Waals surface area contributed by atoms with Gasteiger partial charge in [0.1, 0.15) is 5.82 Å². The van der Waals surface area contributed by atoms with E-state index >= 15 is 0 Å². The van der Waals surface area contributed by atoms with E-state index in [0.29, 0.717) is 45.5 Å². The molecule has 2 aromatic heterocycles. The van der Waals surface area contributed by atoms with E-state index < -0.39 is 0 Å². The molecule has 4 rings (SSSR count). The third-order valence-electron chi connectivity index (χ3n) is 4.34. The Balaban J connectivity index is 1.52. The van der Waals surface area contributed by atoms with Gasteiger partial charge in [-0.15, -0.1) is 0 Å². The summed E-state index contributed by atoms with van der Waals surface area (Å²) in [6.07, 6.45) is 2.41. The van der Waals surface area contributed by atoms with Crippen molar-refractivity contribution in [3.8, 4) is 11.4 Å². The standard InChI is InChI=1S/C21H16Cl2N4O/c22-15-5-3-6-16(23)19(15)20-26-17-8-7-13(12-18(17)27-20)21(28)25-11-9-14-4-1-2-10-24-14/h1-8,10,12H,9,11H2,(H,25,28)(H,26,27). The number of H-pyrrole nitrogens is 1. The van der Waals surface area contributed by atoms with Gasteiger partial charge in [0, 0.05) is 30.4 Å². The number of hydrogen-bond acceptors (Lipinski definition) is 3. The van der Waals surface area contributed by atoms with Crippen LogP contribution in [0.1, 0.15) is 16.1 Å². The quantitative estimate of drug-likeness (QED) is 0.491. The molecular formula is C21H16Cl2N4O. The third-order valence-corrected chi connectivity index (χ3v) is 4.97.